The largest absolute Gasteiger partial charge is 0.511 e. The molecule has 4 rings (SSSR count). The molecule has 0 atom stereocenters. The van der Waals surface area contributed by atoms with Gasteiger partial charge < -0.3 is 29.9 Å². The van der Waals surface area contributed by atoms with Crippen molar-refractivity contribution in [2.45, 2.75) is 45.3 Å². The van der Waals surface area contributed by atoms with E-state index in [-0.39, 0.29) is 29.7 Å². The summed E-state index contributed by atoms with van der Waals surface area (Å²) in [5.41, 5.74) is 0.546. The van der Waals surface area contributed by atoms with Crippen molar-refractivity contribution in [1.82, 2.24) is 24.8 Å². The molecule has 36 heavy (non-hydrogen) atoms. The zero-order valence-electron chi connectivity index (χ0n) is 19.9. The fourth-order valence-electron chi connectivity index (χ4n) is 4.22. The van der Waals surface area contributed by atoms with Crippen LogP contribution in [0.25, 0.3) is 11.0 Å². The smallest absolute Gasteiger partial charge is 0.449 e. The number of nitrogens with one attached hydrogen (secondary N) is 2. The molecule has 1 saturated heterocycles. The highest BCUT2D eigenvalue weighted by atomic mass is 35.5. The zero-order valence-corrected chi connectivity index (χ0v) is 20.7. The first-order valence-corrected chi connectivity index (χ1v) is 12.0. The Labute approximate surface area is 212 Å². The second-order valence-corrected chi connectivity index (χ2v) is 9.24. The summed E-state index contributed by atoms with van der Waals surface area (Å²) in [6.07, 6.45) is 1.48. The average Bonchev–Trinajstić information content (AvgIpc) is 3.20. The molecule has 3 heterocycles. The number of fused-ring (bicyclic) bond motifs is 1. The molecule has 0 radical (unpaired) electrons. The number of hydrogen-bond acceptors (Lipinski definition) is 7. The van der Waals surface area contributed by atoms with Gasteiger partial charge in [0.2, 0.25) is 11.7 Å². The topological polar surface area (TPSA) is 139 Å². The number of ether oxygens (including phenoxy) is 1. The number of carbonyl (C=O) groups is 3. The summed E-state index contributed by atoms with van der Waals surface area (Å²) in [5.74, 6) is -0.651. The maximum Gasteiger partial charge on any atom is 0.511 e. The summed E-state index contributed by atoms with van der Waals surface area (Å²) in [4.78, 5) is 48.1. The number of rotatable bonds is 7. The van der Waals surface area contributed by atoms with Crippen LogP contribution in [0.3, 0.4) is 0 Å². The van der Waals surface area contributed by atoms with Gasteiger partial charge in [-0.25, -0.2) is 14.8 Å². The second kappa shape index (κ2) is 10.9. The maximum absolute atomic E-state index is 13.3. The first-order valence-electron chi connectivity index (χ1n) is 11.6. The number of piperidine rings is 1. The van der Waals surface area contributed by atoms with Crippen LogP contribution in [0, 0.1) is 0 Å². The van der Waals surface area contributed by atoms with E-state index >= 15 is 0 Å². The van der Waals surface area contributed by atoms with Crippen LogP contribution in [-0.4, -0.2) is 67.7 Å². The number of benzene rings is 1. The Morgan fingerprint density at radius 2 is 1.94 bits per heavy atom. The summed E-state index contributed by atoms with van der Waals surface area (Å²) >= 11 is 5.85. The molecule has 0 bridgehead atoms. The predicted octanol–water partition coefficient (Wildman–Crippen LogP) is 3.38. The van der Waals surface area contributed by atoms with Gasteiger partial charge in [0.15, 0.2) is 5.75 Å². The molecule has 1 aliphatic heterocycles. The van der Waals surface area contributed by atoms with Gasteiger partial charge in [0.05, 0.1) is 10.5 Å². The van der Waals surface area contributed by atoms with Crippen molar-refractivity contribution >= 4 is 46.4 Å². The molecule has 3 aromatic rings. The second-order valence-electron chi connectivity index (χ2n) is 8.80. The lowest BCUT2D eigenvalue weighted by Gasteiger charge is -2.34. The molecule has 0 unspecified atom stereocenters. The van der Waals surface area contributed by atoms with Crippen LogP contribution in [0.15, 0.2) is 36.5 Å². The third kappa shape index (κ3) is 5.92. The Hall–Kier alpha value is -3.70. The molecule has 12 heteroatoms. The van der Waals surface area contributed by atoms with Crippen LogP contribution < -0.4 is 15.4 Å². The molecule has 1 fully saturated rings. The van der Waals surface area contributed by atoms with E-state index in [0.717, 1.165) is 25.9 Å². The molecule has 0 saturated carbocycles. The SMILES string of the molecule is CC(C)N1CCC(NC(=O)c2nc3c(OC(=O)O)cccc3n2CC(=O)Nc2ccc(Cl)cn2)CC1. The minimum atomic E-state index is -1.51. The number of para-hydroxylation sites is 1. The fourth-order valence-corrected chi connectivity index (χ4v) is 4.33. The van der Waals surface area contributed by atoms with Crippen LogP contribution in [0.2, 0.25) is 5.02 Å². The van der Waals surface area contributed by atoms with Crippen LogP contribution in [-0.2, 0) is 11.3 Å². The zero-order chi connectivity index (χ0) is 25.8. The normalized spacial score (nSPS) is 14.7. The molecule has 0 aliphatic carbocycles. The summed E-state index contributed by atoms with van der Waals surface area (Å²) in [6, 6.07) is 8.20. The molecular formula is C24H27ClN6O5. The first kappa shape index (κ1) is 25.4. The number of carboxylic acid groups (broad SMARTS) is 1. The average molecular weight is 515 g/mol. The number of hydrogen-bond donors (Lipinski definition) is 3. The van der Waals surface area contributed by atoms with Gasteiger partial charge in [-0.15, -0.1) is 0 Å². The van der Waals surface area contributed by atoms with Crippen molar-refractivity contribution in [2.24, 2.45) is 0 Å². The van der Waals surface area contributed by atoms with E-state index in [4.69, 9.17) is 21.4 Å². The maximum atomic E-state index is 13.3. The van der Waals surface area contributed by atoms with E-state index < -0.39 is 18.0 Å². The van der Waals surface area contributed by atoms with Gasteiger partial charge in [-0.2, -0.15) is 0 Å². The van der Waals surface area contributed by atoms with E-state index in [9.17, 15) is 14.4 Å². The van der Waals surface area contributed by atoms with Crippen molar-refractivity contribution in [3.8, 4) is 5.75 Å². The van der Waals surface area contributed by atoms with E-state index in [1.54, 1.807) is 24.3 Å². The molecule has 11 nitrogen and oxygen atoms in total. The van der Waals surface area contributed by atoms with Crippen molar-refractivity contribution in [3.05, 3.63) is 47.4 Å². The number of likely N-dealkylation sites (tertiary alicyclic amines) is 1. The molecule has 0 spiro atoms. The summed E-state index contributed by atoms with van der Waals surface area (Å²) < 4.78 is 6.29. The number of anilines is 1. The van der Waals surface area contributed by atoms with Crippen LogP contribution in [0.1, 0.15) is 37.3 Å². The highest BCUT2D eigenvalue weighted by molar-refractivity contribution is 6.30. The van der Waals surface area contributed by atoms with Crippen molar-refractivity contribution in [2.75, 3.05) is 18.4 Å². The van der Waals surface area contributed by atoms with Gasteiger partial charge in [-0.1, -0.05) is 17.7 Å². The van der Waals surface area contributed by atoms with E-state index in [1.807, 2.05) is 0 Å². The van der Waals surface area contributed by atoms with Crippen molar-refractivity contribution < 1.29 is 24.2 Å². The Balaban J connectivity index is 1.60. The number of aromatic nitrogens is 3. The summed E-state index contributed by atoms with van der Waals surface area (Å²) in [7, 11) is 0. The quantitative estimate of drug-likeness (QED) is 0.322. The number of nitrogens with zero attached hydrogens (tertiary/aromatic N) is 4. The van der Waals surface area contributed by atoms with Crippen LogP contribution in [0.4, 0.5) is 10.6 Å². The highest BCUT2D eigenvalue weighted by Gasteiger charge is 2.27. The fraction of sp³-hybridized carbons (Fsp3) is 0.375. The first-order chi connectivity index (χ1) is 17.2. The minimum absolute atomic E-state index is 0.0167. The monoisotopic (exact) mass is 514 g/mol. The molecule has 190 valence electrons. The number of amides is 2. The van der Waals surface area contributed by atoms with Crippen molar-refractivity contribution in [3.63, 3.8) is 0 Å². The van der Waals surface area contributed by atoms with Gasteiger partial charge in [0.25, 0.3) is 5.91 Å². The molecule has 1 aromatic carbocycles. The van der Waals surface area contributed by atoms with Gasteiger partial charge in [-0.05, 0) is 51.0 Å². The third-order valence-electron chi connectivity index (χ3n) is 6.03. The Bertz CT molecular complexity index is 1270. The highest BCUT2D eigenvalue weighted by Crippen LogP contribution is 2.27. The molecular weight excluding hydrogens is 488 g/mol. The predicted molar refractivity (Wildman–Crippen MR) is 133 cm³/mol. The lowest BCUT2D eigenvalue weighted by Crippen LogP contribution is -2.47. The third-order valence-corrected chi connectivity index (χ3v) is 6.26. The molecule has 2 amide bonds. The van der Waals surface area contributed by atoms with Crippen LogP contribution >= 0.6 is 11.6 Å². The van der Waals surface area contributed by atoms with E-state index in [0.29, 0.717) is 22.4 Å². The van der Waals surface area contributed by atoms with Crippen LogP contribution in [0.5, 0.6) is 5.75 Å². The minimum Gasteiger partial charge on any atom is -0.449 e. The number of imidazole rings is 1. The summed E-state index contributed by atoms with van der Waals surface area (Å²) in [5, 5.41) is 15.2. The number of pyridine rings is 1. The van der Waals surface area contributed by atoms with E-state index in [2.05, 4.69) is 39.3 Å². The lowest BCUT2D eigenvalue weighted by atomic mass is 10.0. The standard InChI is InChI=1S/C24H27ClN6O5/c1-14(2)30-10-8-16(9-11-30)27-23(33)22-29-21-17(4-3-5-18(21)36-24(34)35)31(22)13-20(32)28-19-7-6-15(25)12-26-19/h3-7,12,14,16H,8-11,13H2,1-2H3,(H,27,33)(H,34,35)(H,26,28,32). The molecule has 3 N–H and O–H groups in total. The number of halogens is 1. The number of carbonyl (C=O) groups excluding carboxylic acids is 2. The van der Waals surface area contributed by atoms with Crippen molar-refractivity contribution in [1.29, 1.82) is 0 Å². The van der Waals surface area contributed by atoms with Gasteiger partial charge in [-0.3, -0.25) is 9.59 Å². The Kier molecular flexibility index (Phi) is 7.70. The van der Waals surface area contributed by atoms with E-state index in [1.165, 1.54) is 16.8 Å². The molecule has 2 aromatic heterocycles. The lowest BCUT2D eigenvalue weighted by molar-refractivity contribution is -0.116. The van der Waals surface area contributed by atoms with Gasteiger partial charge in [0, 0.05) is 31.4 Å². The Morgan fingerprint density at radius 3 is 2.58 bits per heavy atom. The van der Waals surface area contributed by atoms with Gasteiger partial charge >= 0.3 is 6.16 Å². The molecule has 1 aliphatic rings. The summed E-state index contributed by atoms with van der Waals surface area (Å²) in [6.45, 7) is 5.76. The van der Waals surface area contributed by atoms with Gasteiger partial charge in [0.1, 0.15) is 17.9 Å². The Morgan fingerprint density at radius 1 is 1.19 bits per heavy atom.